The van der Waals surface area contributed by atoms with Gasteiger partial charge in [0.05, 0.1) is 5.60 Å². The molecule has 0 radical (unpaired) electrons. The van der Waals surface area contributed by atoms with Gasteiger partial charge in [0, 0.05) is 13.0 Å². The first-order valence-corrected chi connectivity index (χ1v) is 5.37. The lowest BCUT2D eigenvalue weighted by atomic mass is 9.91. The van der Waals surface area contributed by atoms with Crippen LogP contribution in [0.4, 0.5) is 0 Å². The van der Waals surface area contributed by atoms with E-state index in [0.717, 1.165) is 12.3 Å². The summed E-state index contributed by atoms with van der Waals surface area (Å²) in [4.78, 5) is 0. The Morgan fingerprint density at radius 2 is 2.00 bits per heavy atom. The highest BCUT2D eigenvalue weighted by molar-refractivity contribution is 6.18. The third-order valence-electron chi connectivity index (χ3n) is 2.93. The average Bonchev–Trinajstić information content (AvgIpc) is 2.54. The van der Waals surface area contributed by atoms with Gasteiger partial charge in [-0.15, -0.1) is 11.6 Å². The van der Waals surface area contributed by atoms with Crippen LogP contribution < -0.4 is 0 Å². The number of rotatable bonds is 4. The summed E-state index contributed by atoms with van der Waals surface area (Å²) in [6.45, 7) is 2.20. The summed E-state index contributed by atoms with van der Waals surface area (Å²) in [5, 5.41) is 0. The minimum absolute atomic E-state index is 0.175. The molecule has 12 heavy (non-hydrogen) atoms. The molecule has 1 aliphatic carbocycles. The van der Waals surface area contributed by atoms with Crippen LogP contribution in [0.5, 0.6) is 0 Å². The quantitative estimate of drug-likeness (QED) is 0.619. The molecule has 1 saturated carbocycles. The molecule has 0 N–H and O–H groups in total. The van der Waals surface area contributed by atoms with E-state index in [-0.39, 0.29) is 5.60 Å². The van der Waals surface area contributed by atoms with Crippen molar-refractivity contribution in [1.29, 1.82) is 0 Å². The van der Waals surface area contributed by atoms with Gasteiger partial charge in [-0.05, 0) is 25.2 Å². The highest BCUT2D eigenvalue weighted by Crippen LogP contribution is 2.37. The molecular weight excluding hydrogens is 172 g/mol. The van der Waals surface area contributed by atoms with Gasteiger partial charge in [-0.25, -0.2) is 0 Å². The maximum Gasteiger partial charge on any atom is 0.0681 e. The fourth-order valence-corrected chi connectivity index (χ4v) is 2.31. The second-order valence-electron chi connectivity index (χ2n) is 4.06. The molecule has 1 unspecified atom stereocenters. The van der Waals surface area contributed by atoms with Crippen LogP contribution in [0.2, 0.25) is 0 Å². The van der Waals surface area contributed by atoms with Gasteiger partial charge in [0.15, 0.2) is 0 Å². The van der Waals surface area contributed by atoms with E-state index in [1.807, 2.05) is 7.11 Å². The Kier molecular flexibility index (Phi) is 3.85. The molecule has 2 heteroatoms. The van der Waals surface area contributed by atoms with E-state index in [2.05, 4.69) is 6.92 Å². The Morgan fingerprint density at radius 1 is 1.42 bits per heavy atom. The van der Waals surface area contributed by atoms with Crippen molar-refractivity contribution < 1.29 is 4.74 Å². The molecule has 0 bridgehead atoms. The van der Waals surface area contributed by atoms with Crippen LogP contribution >= 0.6 is 11.6 Å². The zero-order valence-corrected chi connectivity index (χ0v) is 8.86. The molecular formula is C10H19ClO. The summed E-state index contributed by atoms with van der Waals surface area (Å²) >= 11 is 5.79. The maximum absolute atomic E-state index is 5.79. The Morgan fingerprint density at radius 3 is 2.42 bits per heavy atom. The molecule has 0 aliphatic heterocycles. The van der Waals surface area contributed by atoms with Crippen LogP contribution in [0.15, 0.2) is 0 Å². The van der Waals surface area contributed by atoms with Crippen LogP contribution in [0.3, 0.4) is 0 Å². The predicted molar refractivity (Wildman–Crippen MR) is 52.7 cm³/mol. The topological polar surface area (TPSA) is 9.23 Å². The molecule has 0 heterocycles. The fourth-order valence-electron chi connectivity index (χ4n) is 2.20. The van der Waals surface area contributed by atoms with Crippen LogP contribution in [0, 0.1) is 5.92 Å². The highest BCUT2D eigenvalue weighted by Gasteiger charge is 2.34. The summed E-state index contributed by atoms with van der Waals surface area (Å²) in [5.41, 5.74) is 0.175. The smallest absolute Gasteiger partial charge is 0.0681 e. The van der Waals surface area contributed by atoms with Crippen molar-refractivity contribution in [2.45, 2.75) is 44.6 Å². The van der Waals surface area contributed by atoms with E-state index in [1.165, 1.54) is 25.7 Å². The van der Waals surface area contributed by atoms with Crippen LogP contribution in [0.25, 0.3) is 0 Å². The van der Waals surface area contributed by atoms with E-state index in [1.54, 1.807) is 0 Å². The second-order valence-corrected chi connectivity index (χ2v) is 4.37. The lowest BCUT2D eigenvalue weighted by Gasteiger charge is -2.29. The third kappa shape index (κ3) is 2.37. The predicted octanol–water partition coefficient (Wildman–Crippen LogP) is 3.21. The van der Waals surface area contributed by atoms with Crippen LogP contribution in [-0.4, -0.2) is 18.6 Å². The Hall–Kier alpha value is 0.250. The van der Waals surface area contributed by atoms with E-state index in [9.17, 15) is 0 Å². The molecule has 1 fully saturated rings. The average molecular weight is 191 g/mol. The molecule has 0 amide bonds. The van der Waals surface area contributed by atoms with E-state index in [4.69, 9.17) is 16.3 Å². The van der Waals surface area contributed by atoms with Gasteiger partial charge in [-0.1, -0.05) is 19.8 Å². The summed E-state index contributed by atoms with van der Waals surface area (Å²) in [6, 6.07) is 0. The number of hydrogen-bond acceptors (Lipinski definition) is 1. The summed E-state index contributed by atoms with van der Waals surface area (Å²) in [6.07, 6.45) is 6.23. The Bertz CT molecular complexity index is 130. The SMILES string of the molecule is COC1(CC(C)CCl)CCCC1. The highest BCUT2D eigenvalue weighted by atomic mass is 35.5. The van der Waals surface area contributed by atoms with Gasteiger partial charge >= 0.3 is 0 Å². The maximum atomic E-state index is 5.79. The Balaban J connectivity index is 2.43. The first-order chi connectivity index (χ1) is 5.72. The summed E-state index contributed by atoms with van der Waals surface area (Å²) in [5.74, 6) is 1.34. The molecule has 1 aliphatic rings. The van der Waals surface area contributed by atoms with Gasteiger partial charge < -0.3 is 4.74 Å². The van der Waals surface area contributed by atoms with Gasteiger partial charge in [0.1, 0.15) is 0 Å². The van der Waals surface area contributed by atoms with Gasteiger partial charge in [-0.3, -0.25) is 0 Å². The molecule has 0 saturated heterocycles. The number of alkyl halides is 1. The molecule has 0 aromatic heterocycles. The molecule has 1 nitrogen and oxygen atoms in total. The Labute approximate surface area is 80.4 Å². The zero-order chi connectivity index (χ0) is 9.03. The normalized spacial score (nSPS) is 24.2. The molecule has 0 spiro atoms. The van der Waals surface area contributed by atoms with E-state index >= 15 is 0 Å². The van der Waals surface area contributed by atoms with Crippen molar-refractivity contribution in [2.24, 2.45) is 5.92 Å². The van der Waals surface area contributed by atoms with Crippen LogP contribution in [-0.2, 0) is 4.74 Å². The van der Waals surface area contributed by atoms with Crippen molar-refractivity contribution in [3.05, 3.63) is 0 Å². The molecule has 0 aromatic carbocycles. The van der Waals surface area contributed by atoms with Crippen molar-refractivity contribution in [2.75, 3.05) is 13.0 Å². The first kappa shape index (κ1) is 10.3. The second kappa shape index (κ2) is 4.48. The minimum Gasteiger partial charge on any atom is -0.378 e. The number of ether oxygens (including phenoxy) is 1. The number of hydrogen-bond donors (Lipinski definition) is 0. The summed E-state index contributed by atoms with van der Waals surface area (Å²) in [7, 11) is 1.84. The lowest BCUT2D eigenvalue weighted by molar-refractivity contribution is -0.0202. The number of methoxy groups -OCH3 is 1. The molecule has 72 valence electrons. The lowest BCUT2D eigenvalue weighted by Crippen LogP contribution is -2.30. The standard InChI is InChI=1S/C10H19ClO/c1-9(8-11)7-10(12-2)5-3-4-6-10/h9H,3-8H2,1-2H3. The molecule has 1 atom stereocenters. The zero-order valence-electron chi connectivity index (χ0n) is 8.11. The monoisotopic (exact) mass is 190 g/mol. The third-order valence-corrected chi connectivity index (χ3v) is 3.46. The summed E-state index contributed by atoms with van der Waals surface area (Å²) < 4.78 is 5.61. The van der Waals surface area contributed by atoms with Crippen LogP contribution in [0.1, 0.15) is 39.0 Å². The van der Waals surface area contributed by atoms with Crippen molar-refractivity contribution in [3.63, 3.8) is 0 Å². The van der Waals surface area contributed by atoms with Crippen molar-refractivity contribution in [1.82, 2.24) is 0 Å². The first-order valence-electron chi connectivity index (χ1n) is 4.83. The van der Waals surface area contributed by atoms with E-state index < -0.39 is 0 Å². The van der Waals surface area contributed by atoms with Crippen molar-refractivity contribution in [3.8, 4) is 0 Å². The van der Waals surface area contributed by atoms with Crippen molar-refractivity contribution >= 4 is 11.6 Å². The molecule has 1 rings (SSSR count). The van der Waals surface area contributed by atoms with Gasteiger partial charge in [0.2, 0.25) is 0 Å². The largest absolute Gasteiger partial charge is 0.378 e. The van der Waals surface area contributed by atoms with Gasteiger partial charge in [0.25, 0.3) is 0 Å². The van der Waals surface area contributed by atoms with E-state index in [0.29, 0.717) is 5.92 Å². The van der Waals surface area contributed by atoms with Gasteiger partial charge in [-0.2, -0.15) is 0 Å². The molecule has 0 aromatic rings. The number of halogens is 1. The fraction of sp³-hybridized carbons (Fsp3) is 1.00. The minimum atomic E-state index is 0.175.